The van der Waals surface area contributed by atoms with E-state index in [0.717, 1.165) is 33.2 Å². The van der Waals surface area contributed by atoms with Crippen molar-refractivity contribution in [2.75, 3.05) is 0 Å². The summed E-state index contributed by atoms with van der Waals surface area (Å²) in [5.41, 5.74) is 5.34. The first kappa shape index (κ1) is 14.5. The Balaban J connectivity index is 1.74. The van der Waals surface area contributed by atoms with Gasteiger partial charge in [0.05, 0.1) is 10.9 Å². The molecule has 0 spiro atoms. The predicted octanol–water partition coefficient (Wildman–Crippen LogP) is 3.53. The van der Waals surface area contributed by atoms with Crippen LogP contribution in [0.3, 0.4) is 0 Å². The molecule has 0 amide bonds. The zero-order valence-electron chi connectivity index (χ0n) is 13.6. The summed E-state index contributed by atoms with van der Waals surface area (Å²) in [7, 11) is 0. The average molecular weight is 339 g/mol. The molecule has 0 atom stereocenters. The average Bonchev–Trinajstić information content (AvgIpc) is 3.08. The monoisotopic (exact) mass is 339 g/mol. The molecule has 5 aromatic rings. The molecule has 0 aliphatic carbocycles. The molecule has 0 fully saturated rings. The third-order valence-electron chi connectivity index (χ3n) is 4.49. The van der Waals surface area contributed by atoms with Crippen LogP contribution < -0.4 is 5.56 Å². The molecule has 124 valence electrons. The Labute approximate surface area is 147 Å². The summed E-state index contributed by atoms with van der Waals surface area (Å²) in [5, 5.41) is 6.90. The fourth-order valence-corrected chi connectivity index (χ4v) is 3.19. The first-order chi connectivity index (χ1) is 12.8. The van der Waals surface area contributed by atoms with Crippen LogP contribution in [-0.2, 0) is 0 Å². The number of nitrogens with zero attached hydrogens (tertiary/aromatic N) is 3. The Bertz CT molecular complexity index is 1300. The minimum absolute atomic E-state index is 0.172. The largest absolute Gasteiger partial charge is 0.281 e. The lowest BCUT2D eigenvalue weighted by Crippen LogP contribution is -1.97. The topological polar surface area (TPSA) is 87.3 Å². The molecular weight excluding hydrogens is 326 g/mol. The molecule has 0 saturated heterocycles. The van der Waals surface area contributed by atoms with E-state index in [0.29, 0.717) is 11.0 Å². The van der Waals surface area contributed by atoms with Crippen molar-refractivity contribution in [1.82, 2.24) is 25.1 Å². The lowest BCUT2D eigenvalue weighted by atomic mass is 9.98. The number of hydrogen-bond acceptors (Lipinski definition) is 4. The van der Waals surface area contributed by atoms with Crippen LogP contribution >= 0.6 is 0 Å². The molecule has 0 aliphatic heterocycles. The summed E-state index contributed by atoms with van der Waals surface area (Å²) in [4.78, 5) is 24.8. The highest BCUT2D eigenvalue weighted by molar-refractivity contribution is 5.97. The van der Waals surface area contributed by atoms with Crippen molar-refractivity contribution < 1.29 is 0 Å². The van der Waals surface area contributed by atoms with Crippen molar-refractivity contribution in [2.45, 2.75) is 0 Å². The van der Waals surface area contributed by atoms with E-state index in [2.05, 4.69) is 31.2 Å². The molecular formula is C20H13N5O. The van der Waals surface area contributed by atoms with Gasteiger partial charge < -0.3 is 0 Å². The number of fused-ring (bicyclic) bond motifs is 2. The van der Waals surface area contributed by atoms with Crippen LogP contribution in [0, 0.1) is 0 Å². The van der Waals surface area contributed by atoms with E-state index in [1.807, 2.05) is 42.6 Å². The van der Waals surface area contributed by atoms with Crippen molar-refractivity contribution >= 4 is 21.9 Å². The third kappa shape index (κ3) is 2.28. The number of aromatic amines is 2. The maximum atomic E-state index is 11.9. The van der Waals surface area contributed by atoms with Crippen LogP contribution in [0.1, 0.15) is 0 Å². The van der Waals surface area contributed by atoms with E-state index in [1.54, 1.807) is 18.6 Å². The summed E-state index contributed by atoms with van der Waals surface area (Å²) in [6.45, 7) is 0. The van der Waals surface area contributed by atoms with Crippen LogP contribution in [0.4, 0.5) is 0 Å². The first-order valence-electron chi connectivity index (χ1n) is 8.15. The van der Waals surface area contributed by atoms with Gasteiger partial charge in [-0.2, -0.15) is 0 Å². The quantitative estimate of drug-likeness (QED) is 0.515. The highest BCUT2D eigenvalue weighted by Gasteiger charge is 2.09. The second-order valence-electron chi connectivity index (χ2n) is 6.03. The summed E-state index contributed by atoms with van der Waals surface area (Å²) in [6.07, 6.45) is 7.13. The summed E-state index contributed by atoms with van der Waals surface area (Å²) in [5.74, 6) is 0. The van der Waals surface area contributed by atoms with Gasteiger partial charge in [0.15, 0.2) is 5.65 Å². The van der Waals surface area contributed by atoms with Gasteiger partial charge in [-0.3, -0.25) is 25.0 Å². The van der Waals surface area contributed by atoms with Gasteiger partial charge in [0.1, 0.15) is 0 Å². The number of H-pyrrole nitrogens is 2. The zero-order valence-corrected chi connectivity index (χ0v) is 13.6. The molecule has 0 radical (unpaired) electrons. The molecule has 4 heterocycles. The smallest absolute Gasteiger partial charge is 0.273 e. The van der Waals surface area contributed by atoms with E-state index in [1.165, 1.54) is 0 Å². The zero-order chi connectivity index (χ0) is 17.5. The number of aromatic nitrogens is 5. The fourth-order valence-electron chi connectivity index (χ4n) is 3.19. The highest BCUT2D eigenvalue weighted by Crippen LogP contribution is 2.31. The molecule has 0 aliphatic rings. The standard InChI is InChI=1S/C20H13N5O/c26-20-17-10-14(11-23-19(17)24-25-20)13-1-2-18-16(9-13)15(5-8-22-18)12-3-6-21-7-4-12/h1-11H,(H2,23,24,25,26). The normalized spacial score (nSPS) is 11.2. The minimum atomic E-state index is -0.172. The number of nitrogens with one attached hydrogen (secondary N) is 2. The minimum Gasteiger partial charge on any atom is -0.281 e. The summed E-state index contributed by atoms with van der Waals surface area (Å²) < 4.78 is 0. The van der Waals surface area contributed by atoms with Crippen LogP contribution in [0.25, 0.3) is 44.2 Å². The number of benzene rings is 1. The van der Waals surface area contributed by atoms with Crippen molar-refractivity contribution in [3.05, 3.63) is 77.6 Å². The van der Waals surface area contributed by atoms with E-state index in [9.17, 15) is 4.79 Å². The van der Waals surface area contributed by atoms with Crippen LogP contribution in [0.15, 0.2) is 72.0 Å². The Kier molecular flexibility index (Phi) is 3.15. The Hall–Kier alpha value is -3.80. The molecule has 1 aromatic carbocycles. The molecule has 0 saturated carbocycles. The molecule has 0 unspecified atom stereocenters. The summed E-state index contributed by atoms with van der Waals surface area (Å²) in [6, 6.07) is 13.9. The molecule has 0 bridgehead atoms. The van der Waals surface area contributed by atoms with Gasteiger partial charge in [-0.05, 0) is 53.1 Å². The maximum absolute atomic E-state index is 11.9. The van der Waals surface area contributed by atoms with E-state index in [-0.39, 0.29) is 5.56 Å². The SMILES string of the molecule is O=c1[nH][nH]c2ncc(-c3ccc4nccc(-c5ccncc5)c4c3)cc12. The van der Waals surface area contributed by atoms with Crippen LogP contribution in [0.2, 0.25) is 0 Å². The van der Waals surface area contributed by atoms with E-state index >= 15 is 0 Å². The number of hydrogen-bond donors (Lipinski definition) is 2. The first-order valence-corrected chi connectivity index (χ1v) is 8.15. The van der Waals surface area contributed by atoms with Crippen LogP contribution in [-0.4, -0.2) is 25.1 Å². The second-order valence-corrected chi connectivity index (χ2v) is 6.03. The predicted molar refractivity (Wildman–Crippen MR) is 101 cm³/mol. The van der Waals surface area contributed by atoms with Crippen molar-refractivity contribution in [1.29, 1.82) is 0 Å². The maximum Gasteiger partial charge on any atom is 0.273 e. The van der Waals surface area contributed by atoms with Gasteiger partial charge in [-0.25, -0.2) is 4.98 Å². The van der Waals surface area contributed by atoms with Gasteiger partial charge >= 0.3 is 0 Å². The molecule has 6 heteroatoms. The van der Waals surface area contributed by atoms with E-state index < -0.39 is 0 Å². The molecule has 2 N–H and O–H groups in total. The van der Waals surface area contributed by atoms with Gasteiger partial charge in [-0.1, -0.05) is 6.07 Å². The second kappa shape index (κ2) is 5.63. The van der Waals surface area contributed by atoms with E-state index in [4.69, 9.17) is 0 Å². The van der Waals surface area contributed by atoms with Gasteiger partial charge in [0.2, 0.25) is 0 Å². The number of pyridine rings is 3. The summed E-state index contributed by atoms with van der Waals surface area (Å²) >= 11 is 0. The Morgan fingerprint density at radius 1 is 0.731 bits per heavy atom. The fraction of sp³-hybridized carbons (Fsp3) is 0. The molecule has 6 nitrogen and oxygen atoms in total. The Morgan fingerprint density at radius 3 is 2.46 bits per heavy atom. The Morgan fingerprint density at radius 2 is 1.58 bits per heavy atom. The van der Waals surface area contributed by atoms with Crippen molar-refractivity contribution in [3.8, 4) is 22.3 Å². The molecule has 4 aromatic heterocycles. The number of rotatable bonds is 2. The highest BCUT2D eigenvalue weighted by atomic mass is 16.1. The van der Waals surface area contributed by atoms with Crippen molar-refractivity contribution in [2.24, 2.45) is 0 Å². The van der Waals surface area contributed by atoms with Crippen LogP contribution in [0.5, 0.6) is 0 Å². The molecule has 26 heavy (non-hydrogen) atoms. The van der Waals surface area contributed by atoms with Gasteiger partial charge in [-0.15, -0.1) is 0 Å². The lowest BCUT2D eigenvalue weighted by molar-refractivity contribution is 1.06. The molecule has 5 rings (SSSR count). The van der Waals surface area contributed by atoms with Crippen molar-refractivity contribution in [3.63, 3.8) is 0 Å². The van der Waals surface area contributed by atoms with Gasteiger partial charge in [0.25, 0.3) is 5.56 Å². The van der Waals surface area contributed by atoms with Gasteiger partial charge in [0, 0.05) is 35.7 Å². The lowest BCUT2D eigenvalue weighted by Gasteiger charge is -2.08. The third-order valence-corrected chi connectivity index (χ3v) is 4.49.